The summed E-state index contributed by atoms with van der Waals surface area (Å²) >= 11 is 0. The van der Waals surface area contributed by atoms with E-state index in [-0.39, 0.29) is 10.8 Å². The number of aryl methyl sites for hydroxylation is 1. The molecular weight excluding hydrogens is 412 g/mol. The van der Waals surface area contributed by atoms with Gasteiger partial charge in [-0.15, -0.1) is 0 Å². The molecule has 7 nitrogen and oxygen atoms in total. The predicted octanol–water partition coefficient (Wildman–Crippen LogP) is 2.92. The van der Waals surface area contributed by atoms with Crippen molar-refractivity contribution >= 4 is 33.3 Å². The second kappa shape index (κ2) is 8.61. The summed E-state index contributed by atoms with van der Waals surface area (Å²) in [7, 11) is 0.294. The zero-order valence-corrected chi connectivity index (χ0v) is 18.9. The lowest BCUT2D eigenvalue weighted by molar-refractivity contribution is -0.110. The number of nitrogens with one attached hydrogen (secondary N) is 2. The van der Waals surface area contributed by atoms with Crippen LogP contribution in [0.4, 0.5) is 5.69 Å². The molecule has 0 atom stereocenters. The minimum Gasteiger partial charge on any atom is -0.358 e. The Labute approximate surface area is 183 Å². The summed E-state index contributed by atoms with van der Waals surface area (Å²) in [6.45, 7) is 0.997. The molecule has 4 rings (SSSR count). The summed E-state index contributed by atoms with van der Waals surface area (Å²) in [6, 6.07) is 4.49. The fourth-order valence-corrected chi connectivity index (χ4v) is 5.11. The second-order valence-corrected chi connectivity index (χ2v) is 10.3. The highest BCUT2D eigenvalue weighted by Crippen LogP contribution is 2.36. The number of carbonyl (C=O) groups is 1. The van der Waals surface area contributed by atoms with E-state index in [1.165, 1.54) is 48.2 Å². The van der Waals surface area contributed by atoms with E-state index < -0.39 is 10.0 Å². The number of fused-ring (bicyclic) bond motifs is 2. The van der Waals surface area contributed by atoms with Crippen molar-refractivity contribution in [3.8, 4) is 0 Å². The van der Waals surface area contributed by atoms with Gasteiger partial charge in [-0.05, 0) is 94.6 Å². The first-order valence-electron chi connectivity index (χ1n) is 10.8. The number of nitrogens with zero attached hydrogens (tertiary/aromatic N) is 1. The number of primary sulfonamides is 1. The van der Waals surface area contributed by atoms with Gasteiger partial charge in [-0.25, -0.2) is 13.6 Å². The normalized spacial score (nSPS) is 17.5. The van der Waals surface area contributed by atoms with Crippen molar-refractivity contribution in [3.05, 3.63) is 46.3 Å². The van der Waals surface area contributed by atoms with Gasteiger partial charge in [0.15, 0.2) is 0 Å². The molecule has 1 aliphatic heterocycles. The summed E-state index contributed by atoms with van der Waals surface area (Å²) in [4.78, 5) is 18.5. The molecule has 1 amide bonds. The zero-order chi connectivity index (χ0) is 22.2. The fraction of sp³-hybridized carbons (Fsp3) is 0.435. The molecule has 2 aromatic rings. The van der Waals surface area contributed by atoms with E-state index in [1.807, 2.05) is 6.08 Å². The number of nitrogens with two attached hydrogens (primary N) is 1. The van der Waals surface area contributed by atoms with Gasteiger partial charge in [0, 0.05) is 22.6 Å². The van der Waals surface area contributed by atoms with Crippen LogP contribution in [0.15, 0.2) is 23.1 Å². The summed E-state index contributed by atoms with van der Waals surface area (Å²) < 4.78 is 23.6. The third kappa shape index (κ3) is 4.61. The van der Waals surface area contributed by atoms with Crippen LogP contribution in [-0.4, -0.2) is 44.8 Å². The van der Waals surface area contributed by atoms with Crippen molar-refractivity contribution in [3.63, 3.8) is 0 Å². The Morgan fingerprint density at radius 3 is 2.68 bits per heavy atom. The van der Waals surface area contributed by atoms with Crippen LogP contribution in [0.3, 0.4) is 0 Å². The maximum atomic E-state index is 12.7. The van der Waals surface area contributed by atoms with E-state index in [4.69, 9.17) is 5.14 Å². The number of sulfonamides is 1. The molecule has 2 aliphatic rings. The van der Waals surface area contributed by atoms with E-state index in [0.29, 0.717) is 16.8 Å². The quantitative estimate of drug-likeness (QED) is 0.472. The minimum atomic E-state index is -3.85. The smallest absolute Gasteiger partial charge is 0.256 e. The van der Waals surface area contributed by atoms with Crippen molar-refractivity contribution in [2.24, 2.45) is 5.14 Å². The summed E-state index contributed by atoms with van der Waals surface area (Å²) in [5.74, 6) is -0.231. The maximum Gasteiger partial charge on any atom is 0.256 e. The molecule has 31 heavy (non-hydrogen) atoms. The van der Waals surface area contributed by atoms with E-state index in [0.717, 1.165) is 37.9 Å². The van der Waals surface area contributed by atoms with Gasteiger partial charge in [-0.1, -0.05) is 6.42 Å². The van der Waals surface area contributed by atoms with Gasteiger partial charge in [0.1, 0.15) is 0 Å². The van der Waals surface area contributed by atoms with Crippen LogP contribution in [0, 0.1) is 0 Å². The number of anilines is 1. The van der Waals surface area contributed by atoms with Gasteiger partial charge in [0.2, 0.25) is 10.0 Å². The molecule has 1 aromatic carbocycles. The van der Waals surface area contributed by atoms with Crippen LogP contribution in [0.2, 0.25) is 0 Å². The van der Waals surface area contributed by atoms with Crippen LogP contribution < -0.4 is 10.5 Å². The molecule has 0 saturated heterocycles. The second-order valence-electron chi connectivity index (χ2n) is 8.71. The van der Waals surface area contributed by atoms with Gasteiger partial charge in [0.25, 0.3) is 5.91 Å². The molecule has 0 bridgehead atoms. The Morgan fingerprint density at radius 2 is 1.94 bits per heavy atom. The Balaban J connectivity index is 1.77. The average molecular weight is 443 g/mol. The third-order valence-electron chi connectivity index (χ3n) is 6.12. The molecule has 8 heteroatoms. The molecule has 2 heterocycles. The minimum absolute atomic E-state index is 0.00197. The standard InChI is InChI=1S/C23H30N4O3S/c1-27(2)12-6-8-17-16-7-4-3-5-9-20(16)25-22(17)14-19-18-13-15(31(24,29)30)10-11-21(18)26-23(19)28/h10-11,13-14,25H,3-9,12H2,1-2H3,(H,26,28)(H2,24,29,30)/b19-14-. The van der Waals surface area contributed by atoms with Crippen molar-refractivity contribution in [2.75, 3.05) is 26.0 Å². The molecular formula is C23H30N4O3S. The highest BCUT2D eigenvalue weighted by atomic mass is 32.2. The first-order valence-corrected chi connectivity index (χ1v) is 12.4. The number of H-pyrrole nitrogens is 1. The van der Waals surface area contributed by atoms with Gasteiger partial charge in [0.05, 0.1) is 10.5 Å². The molecule has 0 radical (unpaired) electrons. The van der Waals surface area contributed by atoms with Crippen LogP contribution in [0.25, 0.3) is 11.6 Å². The lowest BCUT2D eigenvalue weighted by atomic mass is 9.98. The topological polar surface area (TPSA) is 108 Å². The lowest BCUT2D eigenvalue weighted by Crippen LogP contribution is -2.14. The maximum absolute atomic E-state index is 12.7. The van der Waals surface area contributed by atoms with Crippen LogP contribution in [0.5, 0.6) is 0 Å². The average Bonchev–Trinajstić information content (AvgIpc) is 3.06. The number of aromatic amines is 1. The van der Waals surface area contributed by atoms with Gasteiger partial charge >= 0.3 is 0 Å². The number of hydrogen-bond acceptors (Lipinski definition) is 4. The zero-order valence-electron chi connectivity index (χ0n) is 18.1. The van der Waals surface area contributed by atoms with Crippen LogP contribution in [0.1, 0.15) is 53.8 Å². The SMILES string of the molecule is CN(C)CCCc1c(/C=C2\C(=O)Nc3ccc(S(N)(=O)=O)cc32)[nH]c2c1CCCCC2. The van der Waals surface area contributed by atoms with Crippen molar-refractivity contribution in [1.82, 2.24) is 9.88 Å². The number of rotatable bonds is 6. The number of hydrogen-bond donors (Lipinski definition) is 3. The van der Waals surface area contributed by atoms with E-state index >= 15 is 0 Å². The lowest BCUT2D eigenvalue weighted by Gasteiger charge is -2.11. The summed E-state index contributed by atoms with van der Waals surface area (Å²) in [5.41, 5.74) is 6.57. The van der Waals surface area contributed by atoms with Crippen LogP contribution in [-0.2, 0) is 34.1 Å². The molecule has 0 spiro atoms. The predicted molar refractivity (Wildman–Crippen MR) is 123 cm³/mol. The molecule has 0 fully saturated rings. The van der Waals surface area contributed by atoms with E-state index in [1.54, 1.807) is 6.07 Å². The van der Waals surface area contributed by atoms with Gasteiger partial charge in [-0.2, -0.15) is 0 Å². The first-order chi connectivity index (χ1) is 14.7. The Hall–Kier alpha value is -2.42. The number of benzene rings is 1. The van der Waals surface area contributed by atoms with Crippen molar-refractivity contribution < 1.29 is 13.2 Å². The van der Waals surface area contributed by atoms with Gasteiger partial charge in [-0.3, -0.25) is 4.79 Å². The van der Waals surface area contributed by atoms with Crippen molar-refractivity contribution in [1.29, 1.82) is 0 Å². The molecule has 1 aliphatic carbocycles. The molecule has 4 N–H and O–H groups in total. The van der Waals surface area contributed by atoms with Crippen LogP contribution >= 0.6 is 0 Å². The highest BCUT2D eigenvalue weighted by Gasteiger charge is 2.27. The number of aromatic nitrogens is 1. The largest absolute Gasteiger partial charge is 0.358 e. The monoisotopic (exact) mass is 442 g/mol. The highest BCUT2D eigenvalue weighted by molar-refractivity contribution is 7.89. The Bertz CT molecular complexity index is 1150. The number of amides is 1. The Morgan fingerprint density at radius 1 is 1.16 bits per heavy atom. The third-order valence-corrected chi connectivity index (χ3v) is 7.03. The fourth-order valence-electron chi connectivity index (χ4n) is 4.57. The number of carbonyl (C=O) groups excluding carboxylic acids is 1. The van der Waals surface area contributed by atoms with Crippen molar-refractivity contribution in [2.45, 2.75) is 49.8 Å². The van der Waals surface area contributed by atoms with E-state index in [9.17, 15) is 13.2 Å². The first kappa shape index (κ1) is 21.8. The molecule has 0 unspecified atom stereocenters. The van der Waals surface area contributed by atoms with Gasteiger partial charge < -0.3 is 15.2 Å². The summed E-state index contributed by atoms with van der Waals surface area (Å²) in [6.07, 6.45) is 9.53. The molecule has 166 valence electrons. The molecule has 1 aromatic heterocycles. The summed E-state index contributed by atoms with van der Waals surface area (Å²) in [5, 5.41) is 8.14. The Kier molecular flexibility index (Phi) is 6.05. The molecule has 0 saturated carbocycles. The van der Waals surface area contributed by atoms with E-state index in [2.05, 4.69) is 29.3 Å².